The molecule has 3 heteroatoms. The Morgan fingerprint density at radius 2 is 1.12 bits per heavy atom. The Morgan fingerprint density at radius 3 is 1.93 bits per heavy atom. The number of rotatable bonds is 5. The van der Waals surface area contributed by atoms with Gasteiger partial charge in [-0.25, -0.2) is 0 Å². The molecule has 2 aromatic heterocycles. The van der Waals surface area contributed by atoms with E-state index in [4.69, 9.17) is 0 Å². The molecule has 2 heterocycles. The molecule has 6 aromatic carbocycles. The average molecular weight is 555 g/mol. The molecule has 0 radical (unpaired) electrons. The molecule has 0 aliphatic carbocycles. The molecule has 0 fully saturated rings. The predicted molar refractivity (Wildman–Crippen MR) is 180 cm³/mol. The fraction of sp³-hybridized carbons (Fsp3) is 0. The van der Waals surface area contributed by atoms with Crippen LogP contribution in [-0.2, 0) is 0 Å². The minimum atomic E-state index is 1.12. The first-order chi connectivity index (χ1) is 20.8. The van der Waals surface area contributed by atoms with E-state index in [0.29, 0.717) is 0 Å². The summed E-state index contributed by atoms with van der Waals surface area (Å²) in [5, 5.41) is 5.03. The molecule has 0 amide bonds. The molecule has 42 heavy (non-hydrogen) atoms. The predicted octanol–water partition coefficient (Wildman–Crippen LogP) is 11.4. The van der Waals surface area contributed by atoms with Gasteiger partial charge in [-0.1, -0.05) is 109 Å². The van der Waals surface area contributed by atoms with E-state index in [1.165, 1.54) is 58.9 Å². The molecule has 0 spiro atoms. The van der Waals surface area contributed by atoms with Crippen molar-refractivity contribution < 1.29 is 0 Å². The first kappa shape index (κ1) is 24.5. The van der Waals surface area contributed by atoms with Gasteiger partial charge in [0.15, 0.2) is 0 Å². The lowest BCUT2D eigenvalue weighted by atomic mass is 9.98. The highest BCUT2D eigenvalue weighted by atomic mass is 32.1. The van der Waals surface area contributed by atoms with Crippen LogP contribution in [0.25, 0.3) is 53.2 Å². The second kappa shape index (κ2) is 10.3. The van der Waals surface area contributed by atoms with Gasteiger partial charge in [-0.05, 0) is 69.4 Å². The van der Waals surface area contributed by atoms with Crippen LogP contribution in [0.5, 0.6) is 0 Å². The van der Waals surface area contributed by atoms with Gasteiger partial charge in [0.1, 0.15) is 0 Å². The van der Waals surface area contributed by atoms with Crippen LogP contribution in [0.1, 0.15) is 0 Å². The Kier molecular flexibility index (Phi) is 6.02. The summed E-state index contributed by atoms with van der Waals surface area (Å²) in [5.41, 5.74) is 8.29. The number of thiophene rings is 1. The lowest BCUT2D eigenvalue weighted by Gasteiger charge is -2.26. The van der Waals surface area contributed by atoms with E-state index in [0.717, 1.165) is 11.4 Å². The van der Waals surface area contributed by atoms with Crippen LogP contribution in [0.15, 0.2) is 158 Å². The molecule has 0 saturated heterocycles. The number of benzene rings is 6. The summed E-state index contributed by atoms with van der Waals surface area (Å²) < 4.78 is 2.45. The molecule has 198 valence electrons. The molecule has 8 rings (SSSR count). The minimum absolute atomic E-state index is 1.12. The summed E-state index contributed by atoms with van der Waals surface area (Å²) in [6, 6.07) is 52.3. The zero-order valence-electron chi connectivity index (χ0n) is 22.8. The third-order valence-corrected chi connectivity index (χ3v) is 9.16. The number of nitrogens with zero attached hydrogens (tertiary/aromatic N) is 2. The average Bonchev–Trinajstić information content (AvgIpc) is 3.45. The molecule has 0 unspecified atom stereocenters. The molecule has 0 aliphatic rings. The fourth-order valence-electron chi connectivity index (χ4n) is 5.94. The maximum Gasteiger partial charge on any atom is 0.0640 e. The largest absolute Gasteiger partial charge is 0.309 e. The minimum Gasteiger partial charge on any atom is -0.309 e. The SMILES string of the molecule is c1ccc(-c2ccc(N(c3ccc(-c4cccc5ccccc45)cc3)c3cccc4c3sc3cnccc34)cc2)cc1. The summed E-state index contributed by atoms with van der Waals surface area (Å²) in [7, 11) is 0. The van der Waals surface area contributed by atoms with Crippen LogP contribution in [0, 0.1) is 0 Å². The lowest BCUT2D eigenvalue weighted by molar-refractivity contribution is 1.30. The highest BCUT2D eigenvalue weighted by Crippen LogP contribution is 2.45. The Labute approximate surface area is 248 Å². The van der Waals surface area contributed by atoms with Gasteiger partial charge in [0, 0.05) is 34.5 Å². The van der Waals surface area contributed by atoms with Gasteiger partial charge in [-0.15, -0.1) is 11.3 Å². The van der Waals surface area contributed by atoms with Gasteiger partial charge in [-0.2, -0.15) is 0 Å². The van der Waals surface area contributed by atoms with E-state index in [2.05, 4.69) is 155 Å². The van der Waals surface area contributed by atoms with E-state index >= 15 is 0 Å². The number of aromatic nitrogens is 1. The third kappa shape index (κ3) is 4.23. The summed E-state index contributed by atoms with van der Waals surface area (Å²) in [4.78, 5) is 6.78. The van der Waals surface area contributed by atoms with Gasteiger partial charge < -0.3 is 4.90 Å². The molecular weight excluding hydrogens is 529 g/mol. The van der Waals surface area contributed by atoms with Gasteiger partial charge in [-0.3, -0.25) is 4.98 Å². The van der Waals surface area contributed by atoms with Crippen LogP contribution < -0.4 is 4.90 Å². The van der Waals surface area contributed by atoms with Crippen molar-refractivity contribution in [3.8, 4) is 22.3 Å². The fourth-order valence-corrected chi connectivity index (χ4v) is 7.12. The number of hydrogen-bond acceptors (Lipinski definition) is 3. The number of fused-ring (bicyclic) bond motifs is 4. The summed E-state index contributed by atoms with van der Waals surface area (Å²) in [6.07, 6.45) is 3.86. The van der Waals surface area contributed by atoms with Crippen molar-refractivity contribution >= 4 is 59.3 Å². The van der Waals surface area contributed by atoms with Crippen molar-refractivity contribution in [2.45, 2.75) is 0 Å². The van der Waals surface area contributed by atoms with Crippen LogP contribution in [0.4, 0.5) is 17.1 Å². The van der Waals surface area contributed by atoms with Gasteiger partial charge in [0.05, 0.1) is 15.1 Å². The highest BCUT2D eigenvalue weighted by Gasteiger charge is 2.18. The molecular formula is C39H26N2S. The van der Waals surface area contributed by atoms with Gasteiger partial charge >= 0.3 is 0 Å². The van der Waals surface area contributed by atoms with E-state index in [1.807, 2.05) is 12.4 Å². The molecule has 8 aromatic rings. The maximum absolute atomic E-state index is 4.39. The Morgan fingerprint density at radius 1 is 0.476 bits per heavy atom. The van der Waals surface area contributed by atoms with Crippen molar-refractivity contribution in [2.24, 2.45) is 0 Å². The zero-order valence-corrected chi connectivity index (χ0v) is 23.6. The van der Waals surface area contributed by atoms with Crippen LogP contribution >= 0.6 is 11.3 Å². The first-order valence-corrected chi connectivity index (χ1v) is 14.9. The number of hydrogen-bond donors (Lipinski definition) is 0. The highest BCUT2D eigenvalue weighted by molar-refractivity contribution is 7.26. The molecule has 0 atom stereocenters. The van der Waals surface area contributed by atoms with Crippen LogP contribution in [-0.4, -0.2) is 4.98 Å². The smallest absolute Gasteiger partial charge is 0.0640 e. The van der Waals surface area contributed by atoms with Crippen molar-refractivity contribution in [1.82, 2.24) is 4.98 Å². The Bertz CT molecular complexity index is 2170. The van der Waals surface area contributed by atoms with Crippen LogP contribution in [0.2, 0.25) is 0 Å². The Hall–Kier alpha value is -5.25. The van der Waals surface area contributed by atoms with Crippen LogP contribution in [0.3, 0.4) is 0 Å². The second-order valence-corrected chi connectivity index (χ2v) is 11.5. The number of anilines is 3. The van der Waals surface area contributed by atoms with E-state index < -0.39 is 0 Å². The topological polar surface area (TPSA) is 16.1 Å². The van der Waals surface area contributed by atoms with Gasteiger partial charge in [0.25, 0.3) is 0 Å². The van der Waals surface area contributed by atoms with Crippen molar-refractivity contribution in [2.75, 3.05) is 4.90 Å². The maximum atomic E-state index is 4.39. The first-order valence-electron chi connectivity index (χ1n) is 14.1. The summed E-state index contributed by atoms with van der Waals surface area (Å²) >= 11 is 1.80. The molecule has 2 nitrogen and oxygen atoms in total. The van der Waals surface area contributed by atoms with Crippen molar-refractivity contribution in [1.29, 1.82) is 0 Å². The molecule has 0 aliphatic heterocycles. The van der Waals surface area contributed by atoms with E-state index in [9.17, 15) is 0 Å². The summed E-state index contributed by atoms with van der Waals surface area (Å²) in [6.45, 7) is 0. The normalized spacial score (nSPS) is 11.3. The quantitative estimate of drug-likeness (QED) is 0.210. The van der Waals surface area contributed by atoms with Crippen molar-refractivity contribution in [3.63, 3.8) is 0 Å². The number of pyridine rings is 1. The Balaban J connectivity index is 1.28. The van der Waals surface area contributed by atoms with E-state index in [-0.39, 0.29) is 0 Å². The third-order valence-electron chi connectivity index (χ3n) is 7.98. The molecule has 0 N–H and O–H groups in total. The standard InChI is InChI=1S/C39H26N2S/c1-2-8-27(9-3-1)28-16-20-31(21-17-28)41(37-15-7-14-36-35-24-25-40-26-38(35)42-39(36)37)32-22-18-30(19-23-32)34-13-6-11-29-10-4-5-12-33(29)34/h1-26H. The molecule has 0 saturated carbocycles. The van der Waals surface area contributed by atoms with Crippen molar-refractivity contribution in [3.05, 3.63) is 158 Å². The summed E-state index contributed by atoms with van der Waals surface area (Å²) in [5.74, 6) is 0. The monoisotopic (exact) mass is 554 g/mol. The zero-order chi connectivity index (χ0) is 27.9. The molecule has 0 bridgehead atoms. The van der Waals surface area contributed by atoms with E-state index in [1.54, 1.807) is 11.3 Å². The lowest BCUT2D eigenvalue weighted by Crippen LogP contribution is -2.10. The van der Waals surface area contributed by atoms with Gasteiger partial charge in [0.2, 0.25) is 0 Å². The second-order valence-electron chi connectivity index (χ2n) is 10.4.